The second-order valence-corrected chi connectivity index (χ2v) is 4.77. The molecule has 0 unspecified atom stereocenters. The molecule has 104 valence electrons. The predicted molar refractivity (Wildman–Crippen MR) is 75.3 cm³/mol. The Morgan fingerprint density at radius 1 is 1.00 bits per heavy atom. The summed E-state index contributed by atoms with van der Waals surface area (Å²) in [5.74, 6) is -1.46. The van der Waals surface area contributed by atoms with Crippen LogP contribution in [0.2, 0.25) is 0 Å². The first-order valence-electron chi connectivity index (χ1n) is 6.31. The van der Waals surface area contributed by atoms with Crippen LogP contribution in [0.5, 0.6) is 17.2 Å². The first-order chi connectivity index (χ1) is 9.47. The van der Waals surface area contributed by atoms with Crippen LogP contribution in [-0.4, -0.2) is 21.1 Å². The Labute approximate surface area is 116 Å². The van der Waals surface area contributed by atoms with Crippen molar-refractivity contribution in [1.29, 1.82) is 0 Å². The molecule has 0 radical (unpaired) electrons. The van der Waals surface area contributed by atoms with E-state index in [0.717, 1.165) is 23.3 Å². The summed E-state index contributed by atoms with van der Waals surface area (Å²) in [5.41, 5.74) is 2.02. The zero-order valence-corrected chi connectivity index (χ0v) is 11.1. The standard InChI is InChI=1S/C16H16O4/c1-10-2-4-11(5-3-10)6-7-13(18)16-14(19)8-12(17)9-15(16)20/h2-5,8-9,17,19-20H,6-7H2,1H3. The molecule has 0 spiro atoms. The van der Waals surface area contributed by atoms with Gasteiger partial charge in [0.2, 0.25) is 0 Å². The molecular formula is C16H16O4. The molecule has 0 atom stereocenters. The van der Waals surface area contributed by atoms with Crippen molar-refractivity contribution >= 4 is 5.78 Å². The zero-order chi connectivity index (χ0) is 14.7. The summed E-state index contributed by atoms with van der Waals surface area (Å²) in [4.78, 5) is 12.0. The molecule has 3 N–H and O–H groups in total. The van der Waals surface area contributed by atoms with E-state index in [2.05, 4.69) is 0 Å². The van der Waals surface area contributed by atoms with Crippen LogP contribution < -0.4 is 0 Å². The van der Waals surface area contributed by atoms with E-state index in [1.165, 1.54) is 0 Å². The quantitative estimate of drug-likeness (QED) is 0.748. The van der Waals surface area contributed by atoms with Crippen molar-refractivity contribution < 1.29 is 20.1 Å². The van der Waals surface area contributed by atoms with Crippen molar-refractivity contribution in [2.45, 2.75) is 19.8 Å². The predicted octanol–water partition coefficient (Wildman–Crippen LogP) is 2.93. The number of phenolic OH excluding ortho intramolecular Hbond substituents is 3. The van der Waals surface area contributed by atoms with Crippen LogP contribution in [0.4, 0.5) is 0 Å². The first-order valence-corrected chi connectivity index (χ1v) is 6.31. The Hall–Kier alpha value is -2.49. The van der Waals surface area contributed by atoms with E-state index in [-0.39, 0.29) is 23.5 Å². The van der Waals surface area contributed by atoms with Crippen LogP contribution in [0.3, 0.4) is 0 Å². The van der Waals surface area contributed by atoms with E-state index in [4.69, 9.17) is 0 Å². The lowest BCUT2D eigenvalue weighted by atomic mass is 10.0. The molecule has 2 aromatic rings. The summed E-state index contributed by atoms with van der Waals surface area (Å²) in [6.45, 7) is 1.99. The monoisotopic (exact) mass is 272 g/mol. The van der Waals surface area contributed by atoms with Gasteiger partial charge < -0.3 is 15.3 Å². The number of aryl methyl sites for hydroxylation is 2. The highest BCUT2D eigenvalue weighted by Gasteiger charge is 2.17. The summed E-state index contributed by atoms with van der Waals surface area (Å²) in [5, 5.41) is 28.5. The van der Waals surface area contributed by atoms with Crippen molar-refractivity contribution in [1.82, 2.24) is 0 Å². The number of rotatable bonds is 4. The van der Waals surface area contributed by atoms with Crippen LogP contribution >= 0.6 is 0 Å². The Kier molecular flexibility index (Phi) is 3.94. The van der Waals surface area contributed by atoms with Crippen molar-refractivity contribution in [3.8, 4) is 17.2 Å². The number of aromatic hydroxyl groups is 3. The van der Waals surface area contributed by atoms with Crippen LogP contribution in [-0.2, 0) is 6.42 Å². The summed E-state index contributed by atoms with van der Waals surface area (Å²) in [6, 6.07) is 9.90. The molecule has 0 aliphatic heterocycles. The molecule has 0 aromatic heterocycles. The number of phenols is 3. The summed E-state index contributed by atoms with van der Waals surface area (Å²) < 4.78 is 0. The third kappa shape index (κ3) is 3.09. The van der Waals surface area contributed by atoms with Gasteiger partial charge in [-0.1, -0.05) is 29.8 Å². The number of hydrogen-bond acceptors (Lipinski definition) is 4. The van der Waals surface area contributed by atoms with Crippen molar-refractivity contribution in [3.05, 3.63) is 53.1 Å². The van der Waals surface area contributed by atoms with Crippen LogP contribution in [0.25, 0.3) is 0 Å². The second kappa shape index (κ2) is 5.65. The highest BCUT2D eigenvalue weighted by Crippen LogP contribution is 2.32. The largest absolute Gasteiger partial charge is 0.508 e. The number of carbonyl (C=O) groups excluding carboxylic acids is 1. The van der Waals surface area contributed by atoms with Gasteiger partial charge in [0.15, 0.2) is 5.78 Å². The maximum Gasteiger partial charge on any atom is 0.170 e. The van der Waals surface area contributed by atoms with Crippen LogP contribution in [0.15, 0.2) is 36.4 Å². The van der Waals surface area contributed by atoms with E-state index >= 15 is 0 Å². The normalized spacial score (nSPS) is 10.4. The maximum atomic E-state index is 12.0. The van der Waals surface area contributed by atoms with E-state index in [1.807, 2.05) is 31.2 Å². The van der Waals surface area contributed by atoms with Crippen molar-refractivity contribution in [2.24, 2.45) is 0 Å². The van der Waals surface area contributed by atoms with E-state index < -0.39 is 11.5 Å². The molecule has 0 aliphatic carbocycles. The minimum absolute atomic E-state index is 0.144. The Morgan fingerprint density at radius 3 is 2.10 bits per heavy atom. The first kappa shape index (κ1) is 13.9. The van der Waals surface area contributed by atoms with Gasteiger partial charge in [0.25, 0.3) is 0 Å². The lowest BCUT2D eigenvalue weighted by Gasteiger charge is -2.07. The molecule has 0 saturated carbocycles. The molecule has 0 heterocycles. The molecule has 0 bridgehead atoms. The fourth-order valence-electron chi connectivity index (χ4n) is 2.02. The zero-order valence-electron chi connectivity index (χ0n) is 11.1. The molecule has 0 amide bonds. The Balaban J connectivity index is 2.11. The highest BCUT2D eigenvalue weighted by atomic mass is 16.3. The third-order valence-electron chi connectivity index (χ3n) is 3.12. The second-order valence-electron chi connectivity index (χ2n) is 4.77. The molecule has 2 aromatic carbocycles. The average molecular weight is 272 g/mol. The van der Waals surface area contributed by atoms with E-state index in [9.17, 15) is 20.1 Å². The molecule has 4 nitrogen and oxygen atoms in total. The van der Waals surface area contributed by atoms with Crippen LogP contribution in [0, 0.1) is 6.92 Å². The minimum Gasteiger partial charge on any atom is -0.508 e. The molecule has 4 heteroatoms. The molecule has 0 fully saturated rings. The number of carbonyl (C=O) groups is 1. The van der Waals surface area contributed by atoms with Gasteiger partial charge in [0.1, 0.15) is 22.8 Å². The topological polar surface area (TPSA) is 77.8 Å². The van der Waals surface area contributed by atoms with E-state index in [0.29, 0.717) is 6.42 Å². The molecule has 0 saturated heterocycles. The average Bonchev–Trinajstić information content (AvgIpc) is 2.37. The van der Waals surface area contributed by atoms with Gasteiger partial charge in [-0.05, 0) is 18.9 Å². The van der Waals surface area contributed by atoms with Crippen LogP contribution in [0.1, 0.15) is 27.9 Å². The number of Topliss-reactive ketones (excluding diaryl/α,β-unsaturated/α-hetero) is 1. The summed E-state index contributed by atoms with van der Waals surface area (Å²) >= 11 is 0. The SMILES string of the molecule is Cc1ccc(CCC(=O)c2c(O)cc(O)cc2O)cc1. The smallest absolute Gasteiger partial charge is 0.170 e. The van der Waals surface area contributed by atoms with E-state index in [1.54, 1.807) is 0 Å². The molecule has 0 aliphatic rings. The van der Waals surface area contributed by atoms with Crippen molar-refractivity contribution in [2.75, 3.05) is 0 Å². The van der Waals surface area contributed by atoms with Gasteiger partial charge in [-0.15, -0.1) is 0 Å². The number of hydrogen-bond donors (Lipinski definition) is 3. The summed E-state index contributed by atoms with van der Waals surface area (Å²) in [7, 11) is 0. The lowest BCUT2D eigenvalue weighted by Crippen LogP contribution is -2.02. The fraction of sp³-hybridized carbons (Fsp3) is 0.188. The van der Waals surface area contributed by atoms with Gasteiger partial charge in [-0.2, -0.15) is 0 Å². The highest BCUT2D eigenvalue weighted by molar-refractivity contribution is 6.01. The molecular weight excluding hydrogens is 256 g/mol. The Morgan fingerprint density at radius 2 is 1.55 bits per heavy atom. The minimum atomic E-state index is -0.406. The lowest BCUT2D eigenvalue weighted by molar-refractivity contribution is 0.0977. The van der Waals surface area contributed by atoms with Gasteiger partial charge >= 0.3 is 0 Å². The molecule has 20 heavy (non-hydrogen) atoms. The van der Waals surface area contributed by atoms with Gasteiger partial charge in [-0.3, -0.25) is 4.79 Å². The fourth-order valence-corrected chi connectivity index (χ4v) is 2.02. The number of ketones is 1. The van der Waals surface area contributed by atoms with Gasteiger partial charge in [0.05, 0.1) is 0 Å². The van der Waals surface area contributed by atoms with Crippen molar-refractivity contribution in [3.63, 3.8) is 0 Å². The van der Waals surface area contributed by atoms with Gasteiger partial charge in [0, 0.05) is 18.6 Å². The third-order valence-corrected chi connectivity index (χ3v) is 3.12. The maximum absolute atomic E-state index is 12.0. The van der Waals surface area contributed by atoms with Gasteiger partial charge in [-0.25, -0.2) is 0 Å². The number of benzene rings is 2. The molecule has 2 rings (SSSR count). The summed E-state index contributed by atoms with van der Waals surface area (Å²) in [6.07, 6.45) is 0.702. The Bertz CT molecular complexity index is 606.